The molecule has 0 aromatic heterocycles. The van der Waals surface area contributed by atoms with E-state index in [1.165, 1.54) is 7.11 Å². The molecule has 0 saturated carbocycles. The van der Waals surface area contributed by atoms with Crippen LogP contribution in [0, 0.1) is 13.8 Å². The van der Waals surface area contributed by atoms with E-state index < -0.39 is 9.84 Å². The molecule has 0 bridgehead atoms. The first-order valence-electron chi connectivity index (χ1n) is 8.97. The second-order valence-corrected chi connectivity index (χ2v) is 9.22. The van der Waals surface area contributed by atoms with Crippen LogP contribution in [0.15, 0.2) is 36.4 Å². The lowest BCUT2D eigenvalue weighted by molar-refractivity contribution is 0.0600. The fraction of sp³-hybridized carbons (Fsp3) is 0.381. The smallest absolute Gasteiger partial charge is 0.338 e. The van der Waals surface area contributed by atoms with Gasteiger partial charge in [0.2, 0.25) is 0 Å². The van der Waals surface area contributed by atoms with Crippen molar-refractivity contribution in [1.29, 1.82) is 0 Å². The number of benzene rings is 2. The molecule has 1 saturated heterocycles. The average molecular weight is 388 g/mol. The maximum absolute atomic E-state index is 11.9. The van der Waals surface area contributed by atoms with E-state index >= 15 is 0 Å². The van der Waals surface area contributed by atoms with Gasteiger partial charge in [-0.2, -0.15) is 0 Å². The van der Waals surface area contributed by atoms with E-state index in [1.54, 1.807) is 6.07 Å². The number of ether oxygens (including phenoxy) is 2. The summed E-state index contributed by atoms with van der Waals surface area (Å²) in [4.78, 5) is 11.9. The number of carbonyl (C=O) groups is 1. The van der Waals surface area contributed by atoms with Crippen molar-refractivity contribution < 1.29 is 22.7 Å². The minimum Gasteiger partial charge on any atom is -0.490 e. The molecule has 2 aromatic rings. The van der Waals surface area contributed by atoms with Gasteiger partial charge in [0.05, 0.1) is 24.2 Å². The van der Waals surface area contributed by atoms with Crippen molar-refractivity contribution in [3.63, 3.8) is 0 Å². The summed E-state index contributed by atoms with van der Waals surface area (Å²) in [5, 5.41) is 0. The van der Waals surface area contributed by atoms with Crippen LogP contribution in [0.1, 0.15) is 34.3 Å². The first-order chi connectivity index (χ1) is 12.8. The Hall–Kier alpha value is -2.34. The Morgan fingerprint density at radius 2 is 1.74 bits per heavy atom. The molecule has 2 aromatic carbocycles. The van der Waals surface area contributed by atoms with Crippen LogP contribution in [-0.4, -0.2) is 39.1 Å². The monoisotopic (exact) mass is 388 g/mol. The van der Waals surface area contributed by atoms with E-state index in [1.807, 2.05) is 44.2 Å². The minimum atomic E-state index is -2.89. The number of methoxy groups -OCH3 is 1. The van der Waals surface area contributed by atoms with Gasteiger partial charge in [0.1, 0.15) is 11.9 Å². The van der Waals surface area contributed by atoms with Crippen molar-refractivity contribution in [1.82, 2.24) is 0 Å². The zero-order chi connectivity index (χ0) is 19.6. The summed E-state index contributed by atoms with van der Waals surface area (Å²) in [6.07, 6.45) is 0.996. The Kier molecular flexibility index (Phi) is 5.56. The molecular formula is C21H24O5S. The van der Waals surface area contributed by atoms with E-state index in [-0.39, 0.29) is 23.6 Å². The van der Waals surface area contributed by atoms with Crippen LogP contribution in [0.25, 0.3) is 11.1 Å². The number of esters is 1. The van der Waals surface area contributed by atoms with Crippen LogP contribution in [-0.2, 0) is 14.6 Å². The Morgan fingerprint density at radius 3 is 2.37 bits per heavy atom. The summed E-state index contributed by atoms with van der Waals surface area (Å²) in [5.41, 5.74) is 4.46. The molecular weight excluding hydrogens is 364 g/mol. The molecule has 6 heteroatoms. The fourth-order valence-corrected chi connectivity index (χ4v) is 4.90. The molecule has 0 amide bonds. The molecule has 0 unspecified atom stereocenters. The highest BCUT2D eigenvalue weighted by Gasteiger charge is 2.25. The summed E-state index contributed by atoms with van der Waals surface area (Å²) in [6, 6.07) is 11.4. The molecule has 144 valence electrons. The number of rotatable bonds is 4. The highest BCUT2D eigenvalue weighted by molar-refractivity contribution is 7.91. The third-order valence-electron chi connectivity index (χ3n) is 5.03. The summed E-state index contributed by atoms with van der Waals surface area (Å²) in [7, 11) is -1.52. The minimum absolute atomic E-state index is 0.0665. The van der Waals surface area contributed by atoms with Crippen LogP contribution in [0.5, 0.6) is 5.75 Å². The van der Waals surface area contributed by atoms with E-state index in [2.05, 4.69) is 0 Å². The molecule has 5 nitrogen and oxygen atoms in total. The molecule has 0 atom stereocenters. The number of sulfone groups is 1. The molecule has 1 aliphatic rings. The van der Waals surface area contributed by atoms with Gasteiger partial charge in [-0.15, -0.1) is 0 Å². The summed E-state index contributed by atoms with van der Waals surface area (Å²) < 4.78 is 33.9. The third kappa shape index (κ3) is 4.33. The largest absolute Gasteiger partial charge is 0.490 e. The summed E-state index contributed by atoms with van der Waals surface area (Å²) in [5.74, 6) is 0.768. The van der Waals surface area contributed by atoms with Crippen molar-refractivity contribution in [2.45, 2.75) is 32.8 Å². The van der Waals surface area contributed by atoms with Crippen molar-refractivity contribution in [3.8, 4) is 16.9 Å². The van der Waals surface area contributed by atoms with E-state index in [0.29, 0.717) is 18.4 Å². The van der Waals surface area contributed by atoms with Crippen LogP contribution in [0.2, 0.25) is 0 Å². The lowest BCUT2D eigenvalue weighted by atomic mass is 9.93. The fourth-order valence-electron chi connectivity index (χ4n) is 3.45. The van der Waals surface area contributed by atoms with E-state index in [0.717, 1.165) is 28.0 Å². The summed E-state index contributed by atoms with van der Waals surface area (Å²) in [6.45, 7) is 3.91. The van der Waals surface area contributed by atoms with Crippen molar-refractivity contribution in [3.05, 3.63) is 53.1 Å². The van der Waals surface area contributed by atoms with Gasteiger partial charge >= 0.3 is 5.97 Å². The predicted octanol–water partition coefficient (Wildman–Crippen LogP) is 3.71. The SMILES string of the molecule is COC(=O)c1cccc(-c2ccc(OC3CCS(=O)(=O)CC3)cc2C)c1C. The van der Waals surface area contributed by atoms with E-state index in [4.69, 9.17) is 9.47 Å². The number of aryl methyl sites for hydroxylation is 1. The Bertz CT molecular complexity index is 949. The second-order valence-electron chi connectivity index (χ2n) is 6.92. The van der Waals surface area contributed by atoms with Gasteiger partial charge in [-0.3, -0.25) is 0 Å². The average Bonchev–Trinajstić information content (AvgIpc) is 2.64. The number of carbonyl (C=O) groups excluding carboxylic acids is 1. The Balaban J connectivity index is 1.83. The quantitative estimate of drug-likeness (QED) is 0.747. The molecule has 3 rings (SSSR count). The van der Waals surface area contributed by atoms with Gasteiger partial charge in [-0.05, 0) is 67.1 Å². The van der Waals surface area contributed by atoms with Gasteiger partial charge in [0.25, 0.3) is 0 Å². The van der Waals surface area contributed by atoms with Crippen molar-refractivity contribution in [2.75, 3.05) is 18.6 Å². The third-order valence-corrected chi connectivity index (χ3v) is 6.75. The lowest BCUT2D eigenvalue weighted by Gasteiger charge is -2.23. The van der Waals surface area contributed by atoms with Crippen LogP contribution < -0.4 is 4.74 Å². The Labute approximate surface area is 160 Å². The van der Waals surface area contributed by atoms with Crippen LogP contribution in [0.4, 0.5) is 0 Å². The van der Waals surface area contributed by atoms with Gasteiger partial charge in [-0.1, -0.05) is 18.2 Å². The predicted molar refractivity (Wildman–Crippen MR) is 105 cm³/mol. The van der Waals surface area contributed by atoms with Crippen LogP contribution in [0.3, 0.4) is 0 Å². The first-order valence-corrected chi connectivity index (χ1v) is 10.8. The number of hydrogen-bond acceptors (Lipinski definition) is 5. The molecule has 0 spiro atoms. The van der Waals surface area contributed by atoms with Crippen molar-refractivity contribution in [2.24, 2.45) is 0 Å². The standard InChI is InChI=1S/C21H24O5S/c1-14-13-17(26-16-9-11-27(23,24)12-10-16)7-8-18(14)19-5-4-6-20(15(19)2)21(22)25-3/h4-8,13,16H,9-12H2,1-3H3. The first kappa shape index (κ1) is 19.4. The molecule has 1 heterocycles. The molecule has 0 aliphatic carbocycles. The normalized spacial score (nSPS) is 16.7. The highest BCUT2D eigenvalue weighted by Crippen LogP contribution is 2.32. The maximum Gasteiger partial charge on any atom is 0.338 e. The summed E-state index contributed by atoms with van der Waals surface area (Å²) >= 11 is 0. The van der Waals surface area contributed by atoms with Gasteiger partial charge < -0.3 is 9.47 Å². The van der Waals surface area contributed by atoms with Gasteiger partial charge in [-0.25, -0.2) is 13.2 Å². The van der Waals surface area contributed by atoms with Gasteiger partial charge in [0, 0.05) is 0 Å². The zero-order valence-electron chi connectivity index (χ0n) is 15.8. The lowest BCUT2D eigenvalue weighted by Crippen LogP contribution is -2.30. The maximum atomic E-state index is 11.9. The van der Waals surface area contributed by atoms with Crippen molar-refractivity contribution >= 4 is 15.8 Å². The number of hydrogen-bond donors (Lipinski definition) is 0. The highest BCUT2D eigenvalue weighted by atomic mass is 32.2. The Morgan fingerprint density at radius 1 is 1.04 bits per heavy atom. The topological polar surface area (TPSA) is 69.7 Å². The van der Waals surface area contributed by atoms with Gasteiger partial charge in [0.15, 0.2) is 9.84 Å². The molecule has 27 heavy (non-hydrogen) atoms. The second kappa shape index (κ2) is 7.72. The molecule has 1 fully saturated rings. The molecule has 1 aliphatic heterocycles. The van der Waals surface area contributed by atoms with E-state index in [9.17, 15) is 13.2 Å². The molecule has 0 N–H and O–H groups in total. The molecule has 0 radical (unpaired) electrons. The zero-order valence-corrected chi connectivity index (χ0v) is 16.6. The van der Waals surface area contributed by atoms with Crippen LogP contribution >= 0.6 is 0 Å².